The summed E-state index contributed by atoms with van der Waals surface area (Å²) < 4.78 is 1.85. The topological polar surface area (TPSA) is 59.8 Å². The van der Waals surface area contributed by atoms with Gasteiger partial charge in [0.25, 0.3) is 5.91 Å². The lowest BCUT2D eigenvalue weighted by Gasteiger charge is -2.03. The first-order chi connectivity index (χ1) is 10.3. The average Bonchev–Trinajstić information content (AvgIpc) is 3.25. The van der Waals surface area contributed by atoms with E-state index >= 15 is 0 Å². The average molecular weight is 318 g/mol. The lowest BCUT2D eigenvalue weighted by Crippen LogP contribution is -2.25. The molecule has 5 nitrogen and oxygen atoms in total. The van der Waals surface area contributed by atoms with Crippen LogP contribution in [0.25, 0.3) is 9.88 Å². The number of rotatable bonds is 6. The number of hydrogen-bond donors (Lipinski definition) is 1. The van der Waals surface area contributed by atoms with Crippen LogP contribution >= 0.6 is 22.7 Å². The van der Waals surface area contributed by atoms with Gasteiger partial charge in [-0.2, -0.15) is 5.10 Å². The second-order valence-corrected chi connectivity index (χ2v) is 6.20. The Bertz CT molecular complexity index is 688. The van der Waals surface area contributed by atoms with Crippen LogP contribution in [0.15, 0.2) is 41.4 Å². The molecule has 0 aliphatic carbocycles. The van der Waals surface area contributed by atoms with Gasteiger partial charge >= 0.3 is 0 Å². The summed E-state index contributed by atoms with van der Waals surface area (Å²) in [6.45, 7) is 1.41. The van der Waals surface area contributed by atoms with Crippen LogP contribution < -0.4 is 5.32 Å². The van der Waals surface area contributed by atoms with E-state index in [-0.39, 0.29) is 5.91 Å². The summed E-state index contributed by atoms with van der Waals surface area (Å²) in [7, 11) is 0. The molecule has 21 heavy (non-hydrogen) atoms. The SMILES string of the molecule is O=C(NCCCn1cccn1)c1csc(-c2cccs2)n1. The minimum Gasteiger partial charge on any atom is -0.351 e. The molecule has 0 saturated carbocycles. The Morgan fingerprint density at radius 3 is 3.05 bits per heavy atom. The first-order valence-corrected chi connectivity index (χ1v) is 8.34. The molecular weight excluding hydrogens is 304 g/mol. The molecule has 1 amide bonds. The van der Waals surface area contributed by atoms with Gasteiger partial charge in [-0.1, -0.05) is 6.07 Å². The molecule has 0 aromatic carbocycles. The molecule has 0 fully saturated rings. The quantitative estimate of drug-likeness (QED) is 0.711. The lowest BCUT2D eigenvalue weighted by atomic mass is 10.4. The van der Waals surface area contributed by atoms with Gasteiger partial charge in [-0.15, -0.1) is 22.7 Å². The van der Waals surface area contributed by atoms with Gasteiger partial charge in [0.05, 0.1) is 4.88 Å². The van der Waals surface area contributed by atoms with Crippen molar-refractivity contribution in [1.29, 1.82) is 0 Å². The molecule has 3 aromatic heterocycles. The standard InChI is InChI=1S/C14H14N4OS2/c19-13(15-5-2-7-18-8-3-6-16-18)11-10-21-14(17-11)12-4-1-9-20-12/h1,3-4,6,8-10H,2,5,7H2,(H,15,19). The molecule has 3 heterocycles. The first kappa shape index (κ1) is 14.0. The number of carbonyl (C=O) groups is 1. The highest BCUT2D eigenvalue weighted by Gasteiger charge is 2.11. The molecule has 0 aliphatic heterocycles. The third-order valence-electron chi connectivity index (χ3n) is 2.88. The van der Waals surface area contributed by atoms with E-state index in [0.29, 0.717) is 12.2 Å². The number of thiophene rings is 1. The minimum atomic E-state index is -0.116. The largest absolute Gasteiger partial charge is 0.351 e. The van der Waals surface area contributed by atoms with Crippen molar-refractivity contribution >= 4 is 28.6 Å². The third-order valence-corrected chi connectivity index (χ3v) is 4.76. The van der Waals surface area contributed by atoms with Crippen molar-refractivity contribution in [3.05, 3.63) is 47.0 Å². The molecule has 0 bridgehead atoms. The van der Waals surface area contributed by atoms with E-state index in [2.05, 4.69) is 15.4 Å². The minimum absolute atomic E-state index is 0.116. The molecule has 1 N–H and O–H groups in total. The van der Waals surface area contributed by atoms with E-state index in [1.807, 2.05) is 34.5 Å². The zero-order chi connectivity index (χ0) is 14.5. The lowest BCUT2D eigenvalue weighted by molar-refractivity contribution is 0.0948. The fourth-order valence-electron chi connectivity index (χ4n) is 1.86. The van der Waals surface area contributed by atoms with Crippen molar-refractivity contribution in [2.75, 3.05) is 6.54 Å². The van der Waals surface area contributed by atoms with Crippen molar-refractivity contribution in [3.63, 3.8) is 0 Å². The summed E-state index contributed by atoms with van der Waals surface area (Å²) in [4.78, 5) is 17.5. The van der Waals surface area contributed by atoms with Crippen LogP contribution in [0.3, 0.4) is 0 Å². The van der Waals surface area contributed by atoms with Crippen LogP contribution in [-0.4, -0.2) is 27.2 Å². The van der Waals surface area contributed by atoms with E-state index in [1.165, 1.54) is 11.3 Å². The zero-order valence-corrected chi connectivity index (χ0v) is 12.9. The van der Waals surface area contributed by atoms with Gasteiger partial charge in [-0.3, -0.25) is 9.48 Å². The van der Waals surface area contributed by atoms with Gasteiger partial charge in [0, 0.05) is 30.9 Å². The van der Waals surface area contributed by atoms with Crippen molar-refractivity contribution in [2.45, 2.75) is 13.0 Å². The molecule has 0 unspecified atom stereocenters. The molecule has 0 radical (unpaired) electrons. The molecule has 3 rings (SSSR count). The van der Waals surface area contributed by atoms with E-state index in [9.17, 15) is 4.79 Å². The van der Waals surface area contributed by atoms with Crippen LogP contribution in [0, 0.1) is 0 Å². The highest BCUT2D eigenvalue weighted by Crippen LogP contribution is 2.27. The molecule has 3 aromatic rings. The summed E-state index contributed by atoms with van der Waals surface area (Å²) in [5.41, 5.74) is 0.488. The second-order valence-electron chi connectivity index (χ2n) is 4.39. The van der Waals surface area contributed by atoms with E-state index in [0.717, 1.165) is 22.9 Å². The predicted octanol–water partition coefficient (Wildman–Crippen LogP) is 2.89. The maximum absolute atomic E-state index is 12.0. The van der Waals surface area contributed by atoms with Gasteiger partial charge in [0.1, 0.15) is 10.7 Å². The highest BCUT2D eigenvalue weighted by molar-refractivity contribution is 7.20. The number of hydrogen-bond acceptors (Lipinski definition) is 5. The number of thiazole rings is 1. The number of aryl methyl sites for hydroxylation is 1. The number of nitrogens with one attached hydrogen (secondary N) is 1. The molecule has 0 spiro atoms. The summed E-state index contributed by atoms with van der Waals surface area (Å²) in [5.74, 6) is -0.116. The summed E-state index contributed by atoms with van der Waals surface area (Å²) in [6.07, 6.45) is 4.50. The van der Waals surface area contributed by atoms with E-state index in [1.54, 1.807) is 22.9 Å². The molecule has 7 heteroatoms. The van der Waals surface area contributed by atoms with Crippen LogP contribution in [0.1, 0.15) is 16.9 Å². The molecule has 0 aliphatic rings. The van der Waals surface area contributed by atoms with Crippen LogP contribution in [0.5, 0.6) is 0 Å². The van der Waals surface area contributed by atoms with E-state index < -0.39 is 0 Å². The third kappa shape index (κ3) is 3.56. The Hall–Kier alpha value is -1.99. The van der Waals surface area contributed by atoms with Crippen LogP contribution in [-0.2, 0) is 6.54 Å². The van der Waals surface area contributed by atoms with Gasteiger partial charge < -0.3 is 5.32 Å². The number of nitrogens with zero attached hydrogens (tertiary/aromatic N) is 3. The molecule has 0 atom stereocenters. The van der Waals surface area contributed by atoms with Crippen molar-refractivity contribution in [3.8, 4) is 9.88 Å². The Kier molecular flexibility index (Phi) is 4.42. The molecular formula is C14H14N4OS2. The fourth-order valence-corrected chi connectivity index (χ4v) is 3.47. The fraction of sp³-hybridized carbons (Fsp3) is 0.214. The zero-order valence-electron chi connectivity index (χ0n) is 11.2. The van der Waals surface area contributed by atoms with Gasteiger partial charge in [-0.05, 0) is 23.9 Å². The maximum atomic E-state index is 12.0. The maximum Gasteiger partial charge on any atom is 0.270 e. The molecule has 0 saturated heterocycles. The Morgan fingerprint density at radius 1 is 1.33 bits per heavy atom. The summed E-state index contributed by atoms with van der Waals surface area (Å²) >= 11 is 3.12. The predicted molar refractivity (Wildman–Crippen MR) is 84.6 cm³/mol. The van der Waals surface area contributed by atoms with Gasteiger partial charge in [0.2, 0.25) is 0 Å². The van der Waals surface area contributed by atoms with Crippen LogP contribution in [0.4, 0.5) is 0 Å². The Labute approximate surface area is 130 Å². The first-order valence-electron chi connectivity index (χ1n) is 6.58. The number of carbonyl (C=O) groups excluding carboxylic acids is 1. The number of amides is 1. The van der Waals surface area contributed by atoms with Crippen molar-refractivity contribution in [1.82, 2.24) is 20.1 Å². The highest BCUT2D eigenvalue weighted by atomic mass is 32.1. The van der Waals surface area contributed by atoms with Crippen LogP contribution in [0.2, 0.25) is 0 Å². The van der Waals surface area contributed by atoms with Crippen molar-refractivity contribution in [2.24, 2.45) is 0 Å². The van der Waals surface area contributed by atoms with Gasteiger partial charge in [0.15, 0.2) is 0 Å². The Balaban J connectivity index is 1.49. The monoisotopic (exact) mass is 318 g/mol. The smallest absolute Gasteiger partial charge is 0.270 e. The second kappa shape index (κ2) is 6.64. The summed E-state index contributed by atoms with van der Waals surface area (Å²) in [6, 6.07) is 5.88. The Morgan fingerprint density at radius 2 is 2.29 bits per heavy atom. The van der Waals surface area contributed by atoms with Gasteiger partial charge in [-0.25, -0.2) is 4.98 Å². The summed E-state index contributed by atoms with van der Waals surface area (Å²) in [5, 5.41) is 11.7. The normalized spacial score (nSPS) is 10.7. The van der Waals surface area contributed by atoms with Crippen molar-refractivity contribution < 1.29 is 4.79 Å². The van der Waals surface area contributed by atoms with E-state index in [4.69, 9.17) is 0 Å². The number of aromatic nitrogens is 3. The molecule has 108 valence electrons.